The smallest absolute Gasteiger partial charge is 0.300 e. The van der Waals surface area contributed by atoms with Crippen molar-refractivity contribution in [3.8, 4) is 0 Å². The molecule has 0 rings (SSSR count). The summed E-state index contributed by atoms with van der Waals surface area (Å²) >= 11 is 0. The van der Waals surface area contributed by atoms with E-state index < -0.39 is 29.8 Å². The second-order valence-electron chi connectivity index (χ2n) is 2.60. The van der Waals surface area contributed by atoms with Crippen LogP contribution in [0, 0.1) is 0 Å². The minimum Gasteiger partial charge on any atom is -0.481 e. The average Bonchev–Trinajstić information content (AvgIpc) is 1.94. The van der Waals surface area contributed by atoms with Gasteiger partial charge in [-0.25, -0.2) is 0 Å². The quantitative estimate of drug-likeness (QED) is 0.318. The Balaban J connectivity index is -0.0000000250. The van der Waals surface area contributed by atoms with Gasteiger partial charge in [-0.3, -0.25) is 24.0 Å². The van der Waals surface area contributed by atoms with E-state index in [1.807, 2.05) is 0 Å². The zero-order valence-electron chi connectivity index (χ0n) is 12.4. The molecule has 0 aromatic carbocycles. The van der Waals surface area contributed by atoms with Gasteiger partial charge in [-0.1, -0.05) is 0 Å². The van der Waals surface area contributed by atoms with E-state index in [0.717, 1.165) is 34.6 Å². The first-order valence-corrected chi connectivity index (χ1v) is 4.64. The second-order valence-corrected chi connectivity index (χ2v) is 2.60. The topological polar surface area (TPSA) is 186 Å². The summed E-state index contributed by atoms with van der Waals surface area (Å²) in [6.45, 7) is 5.42. The summed E-state index contributed by atoms with van der Waals surface area (Å²) in [5.74, 6) is -4.17. The molecule has 0 saturated heterocycles. The molecule has 10 nitrogen and oxygen atoms in total. The molecule has 0 aromatic heterocycles. The van der Waals surface area contributed by atoms with Crippen molar-refractivity contribution in [1.82, 2.24) is 0 Å². The monoisotopic (exact) mass is 460 g/mol. The first kappa shape index (κ1) is 42.8. The van der Waals surface area contributed by atoms with Crippen molar-refractivity contribution < 1.29 is 85.5 Å². The maximum absolute atomic E-state index is 9.00. The zero-order chi connectivity index (χ0) is 17.9. The van der Waals surface area contributed by atoms with Crippen LogP contribution in [0.5, 0.6) is 0 Å². The van der Waals surface area contributed by atoms with Crippen LogP contribution < -0.4 is 0 Å². The van der Waals surface area contributed by atoms with Gasteiger partial charge in [0.2, 0.25) is 0 Å². The normalized spacial score (nSPS) is 5.68. The number of aliphatic carboxylic acids is 5. The second kappa shape index (κ2) is 36.6. The van der Waals surface area contributed by atoms with Crippen molar-refractivity contribution in [3.05, 3.63) is 0 Å². The van der Waals surface area contributed by atoms with E-state index in [2.05, 4.69) is 0 Å². The molecule has 0 aromatic rings. The van der Waals surface area contributed by atoms with Gasteiger partial charge >= 0.3 is 0 Å². The van der Waals surface area contributed by atoms with Crippen LogP contribution in [0.2, 0.25) is 0 Å². The van der Waals surface area contributed by atoms with Gasteiger partial charge in [0, 0.05) is 70.6 Å². The van der Waals surface area contributed by atoms with Crippen LogP contribution in [0.3, 0.4) is 0 Å². The minimum absolute atomic E-state index is 0. The van der Waals surface area contributed by atoms with Crippen molar-refractivity contribution in [2.24, 2.45) is 0 Å². The molecule has 5 N–H and O–H groups in total. The van der Waals surface area contributed by atoms with Gasteiger partial charge < -0.3 is 25.5 Å². The standard InChI is InChI=1S/5C2H4O2.Ni.Ru/c5*1-2(3)4;;/h5*1H3,(H,3,4);;. The van der Waals surface area contributed by atoms with Crippen molar-refractivity contribution in [3.63, 3.8) is 0 Å². The molecule has 0 bridgehead atoms. The van der Waals surface area contributed by atoms with Crippen molar-refractivity contribution >= 4 is 29.8 Å². The number of hydrogen-bond acceptors (Lipinski definition) is 5. The Bertz CT molecular complexity index is 216. The molecule has 0 heterocycles. The summed E-state index contributed by atoms with van der Waals surface area (Å²) in [4.78, 5) is 45.0. The summed E-state index contributed by atoms with van der Waals surface area (Å²) in [5.41, 5.74) is 0. The molecule has 0 aliphatic carbocycles. The van der Waals surface area contributed by atoms with E-state index in [0.29, 0.717) is 0 Å². The first-order valence-electron chi connectivity index (χ1n) is 4.64. The fourth-order valence-electron chi connectivity index (χ4n) is 0. The molecule has 22 heavy (non-hydrogen) atoms. The average molecular weight is 460 g/mol. The molecule has 0 aliphatic rings. The van der Waals surface area contributed by atoms with Crippen molar-refractivity contribution in [1.29, 1.82) is 0 Å². The third-order valence-electron chi connectivity index (χ3n) is 0. The number of carboxylic acids is 5. The molecule has 0 atom stereocenters. The van der Waals surface area contributed by atoms with Crippen LogP contribution in [0.1, 0.15) is 34.6 Å². The SMILES string of the molecule is CC(=O)O.CC(=O)O.CC(=O)O.CC(=O)O.CC(=O)O.[Ni].[Ru]. The van der Waals surface area contributed by atoms with Crippen LogP contribution in [-0.2, 0) is 59.9 Å². The molecule has 12 heteroatoms. The van der Waals surface area contributed by atoms with Gasteiger partial charge in [-0.2, -0.15) is 0 Å². The van der Waals surface area contributed by atoms with Crippen LogP contribution in [0.25, 0.3) is 0 Å². The Kier molecular flexibility index (Phi) is 71.2. The Morgan fingerprint density at radius 2 is 0.455 bits per heavy atom. The van der Waals surface area contributed by atoms with Gasteiger partial charge in [0.1, 0.15) is 0 Å². The number of carboxylic acid groups (broad SMARTS) is 5. The van der Waals surface area contributed by atoms with Gasteiger partial charge in [-0.05, 0) is 0 Å². The van der Waals surface area contributed by atoms with E-state index in [1.165, 1.54) is 0 Å². The van der Waals surface area contributed by atoms with Crippen molar-refractivity contribution in [2.75, 3.05) is 0 Å². The molecule has 0 fully saturated rings. The molecular formula is C10H20NiO10Ru. The van der Waals surface area contributed by atoms with E-state index in [1.54, 1.807) is 0 Å². The van der Waals surface area contributed by atoms with Gasteiger partial charge in [0.25, 0.3) is 29.8 Å². The minimum atomic E-state index is -0.833. The van der Waals surface area contributed by atoms with Gasteiger partial charge in [-0.15, -0.1) is 0 Å². The third kappa shape index (κ3) is 2400. The summed E-state index contributed by atoms with van der Waals surface area (Å²) in [6, 6.07) is 0. The Labute approximate surface area is 150 Å². The zero-order valence-corrected chi connectivity index (χ0v) is 15.2. The van der Waals surface area contributed by atoms with Crippen molar-refractivity contribution in [2.45, 2.75) is 34.6 Å². The van der Waals surface area contributed by atoms with Crippen LogP contribution in [-0.4, -0.2) is 55.4 Å². The molecule has 0 unspecified atom stereocenters. The molecule has 0 saturated carbocycles. The third-order valence-corrected chi connectivity index (χ3v) is 0. The molecule has 0 amide bonds. The molecule has 0 spiro atoms. The van der Waals surface area contributed by atoms with Crippen LogP contribution in [0.4, 0.5) is 0 Å². The largest absolute Gasteiger partial charge is 0.481 e. The summed E-state index contributed by atoms with van der Waals surface area (Å²) < 4.78 is 0. The summed E-state index contributed by atoms with van der Waals surface area (Å²) in [6.07, 6.45) is 0. The van der Waals surface area contributed by atoms with E-state index in [4.69, 9.17) is 49.5 Å². The van der Waals surface area contributed by atoms with Crippen LogP contribution in [0.15, 0.2) is 0 Å². The summed E-state index contributed by atoms with van der Waals surface area (Å²) in [7, 11) is 0. The maximum Gasteiger partial charge on any atom is 0.300 e. The Morgan fingerprint density at radius 3 is 0.455 bits per heavy atom. The van der Waals surface area contributed by atoms with E-state index >= 15 is 0 Å². The van der Waals surface area contributed by atoms with E-state index in [-0.39, 0.29) is 36.0 Å². The van der Waals surface area contributed by atoms with E-state index in [9.17, 15) is 0 Å². The molecule has 0 aliphatic heterocycles. The fourth-order valence-corrected chi connectivity index (χ4v) is 0. The molecular weight excluding hydrogens is 440 g/mol. The Hall–Kier alpha value is -1.53. The fraction of sp³-hybridized carbons (Fsp3) is 0.500. The van der Waals surface area contributed by atoms with Gasteiger partial charge in [0.05, 0.1) is 0 Å². The number of carbonyl (C=O) groups is 5. The number of rotatable bonds is 0. The van der Waals surface area contributed by atoms with Gasteiger partial charge in [0.15, 0.2) is 0 Å². The van der Waals surface area contributed by atoms with Crippen LogP contribution >= 0.6 is 0 Å². The maximum atomic E-state index is 9.00. The molecule has 0 radical (unpaired) electrons. The Morgan fingerprint density at radius 1 is 0.455 bits per heavy atom. The molecule has 138 valence electrons. The number of hydrogen-bond donors (Lipinski definition) is 5. The first-order chi connectivity index (χ1) is 8.66. The predicted molar refractivity (Wildman–Crippen MR) is 66.5 cm³/mol. The predicted octanol–water partition coefficient (Wildman–Crippen LogP) is 0.450. The summed E-state index contributed by atoms with van der Waals surface area (Å²) in [5, 5.41) is 37.1.